The Morgan fingerprint density at radius 3 is 2.00 bits per heavy atom. The molecule has 3 N–H and O–H groups in total. The third-order valence-corrected chi connectivity index (χ3v) is 3.47. The minimum absolute atomic E-state index is 0.0504. The summed E-state index contributed by atoms with van der Waals surface area (Å²) in [4.78, 5) is 22.8. The molecule has 0 aromatic heterocycles. The van der Waals surface area contributed by atoms with E-state index >= 15 is 0 Å². The van der Waals surface area contributed by atoms with E-state index in [9.17, 15) is 19.8 Å². The molecular formula is C16H14ClNO6. The minimum Gasteiger partial charge on any atom is -0.493 e. The summed E-state index contributed by atoms with van der Waals surface area (Å²) in [6, 6.07) is 6.85. The van der Waals surface area contributed by atoms with Crippen molar-refractivity contribution < 1.29 is 29.3 Å². The molecule has 0 spiro atoms. The van der Waals surface area contributed by atoms with Crippen LogP contribution in [0.2, 0.25) is 5.02 Å². The van der Waals surface area contributed by atoms with Crippen molar-refractivity contribution in [2.45, 2.75) is 0 Å². The molecule has 0 aliphatic rings. The number of hydrogen-bond acceptors (Lipinski definition) is 5. The number of halogens is 1. The van der Waals surface area contributed by atoms with Gasteiger partial charge in [-0.15, -0.1) is 0 Å². The Balaban J connectivity index is 2.59. The highest BCUT2D eigenvalue weighted by Crippen LogP contribution is 2.35. The van der Waals surface area contributed by atoms with E-state index in [1.54, 1.807) is 0 Å². The predicted octanol–water partition coefficient (Wildman–Crippen LogP) is 3.50. The van der Waals surface area contributed by atoms with E-state index in [-0.39, 0.29) is 28.3 Å². The first-order valence-electron chi connectivity index (χ1n) is 6.66. The Morgan fingerprint density at radius 2 is 1.46 bits per heavy atom. The van der Waals surface area contributed by atoms with Crippen LogP contribution >= 0.6 is 11.6 Å². The molecule has 2 aromatic rings. The Kier molecular flexibility index (Phi) is 5.15. The molecule has 126 valence electrons. The molecule has 0 radical (unpaired) electrons. The number of carbonyl (C=O) groups is 2. The Morgan fingerprint density at radius 1 is 0.917 bits per heavy atom. The zero-order valence-electron chi connectivity index (χ0n) is 12.8. The first kappa shape index (κ1) is 17.4. The lowest BCUT2D eigenvalue weighted by Gasteiger charge is -2.15. The quantitative estimate of drug-likeness (QED) is 0.731. The van der Waals surface area contributed by atoms with Gasteiger partial charge in [0.05, 0.1) is 36.7 Å². The number of benzene rings is 2. The number of rotatable bonds is 6. The van der Waals surface area contributed by atoms with Crippen LogP contribution in [0.4, 0.5) is 11.4 Å². The van der Waals surface area contributed by atoms with Gasteiger partial charge in [-0.2, -0.15) is 0 Å². The lowest BCUT2D eigenvalue weighted by atomic mass is 10.1. The van der Waals surface area contributed by atoms with Crippen LogP contribution in [0.5, 0.6) is 11.5 Å². The molecule has 0 aliphatic heterocycles. The summed E-state index contributed by atoms with van der Waals surface area (Å²) in [6.07, 6.45) is 0. The third-order valence-electron chi connectivity index (χ3n) is 3.24. The van der Waals surface area contributed by atoms with Crippen LogP contribution in [0.15, 0.2) is 30.3 Å². The highest BCUT2D eigenvalue weighted by atomic mass is 35.5. The fraction of sp³-hybridized carbons (Fsp3) is 0.125. The summed E-state index contributed by atoms with van der Waals surface area (Å²) in [6.45, 7) is 0. The zero-order chi connectivity index (χ0) is 17.9. The van der Waals surface area contributed by atoms with Gasteiger partial charge in [-0.3, -0.25) is 0 Å². The van der Waals surface area contributed by atoms with Gasteiger partial charge in [0, 0.05) is 17.2 Å². The summed E-state index contributed by atoms with van der Waals surface area (Å²) >= 11 is 5.90. The highest BCUT2D eigenvalue weighted by Gasteiger charge is 2.18. The van der Waals surface area contributed by atoms with Crippen molar-refractivity contribution in [2.75, 3.05) is 19.5 Å². The van der Waals surface area contributed by atoms with E-state index in [4.69, 9.17) is 21.1 Å². The number of nitrogens with one attached hydrogen (secondary N) is 1. The molecule has 2 aromatic carbocycles. The maximum absolute atomic E-state index is 11.5. The minimum atomic E-state index is -1.21. The molecule has 2 rings (SSSR count). The van der Waals surface area contributed by atoms with Gasteiger partial charge in [-0.25, -0.2) is 9.59 Å². The average Bonchev–Trinajstić information content (AvgIpc) is 2.53. The SMILES string of the molecule is COc1cc(Nc2cc(Cl)ccc2C(=O)O)c(C(=O)O)cc1OC. The number of ether oxygens (including phenoxy) is 2. The van der Waals surface area contributed by atoms with Crippen LogP contribution in [-0.2, 0) is 0 Å². The van der Waals surface area contributed by atoms with E-state index in [1.165, 1.54) is 44.6 Å². The van der Waals surface area contributed by atoms with Crippen molar-refractivity contribution in [1.29, 1.82) is 0 Å². The second kappa shape index (κ2) is 7.10. The van der Waals surface area contributed by atoms with Gasteiger partial charge in [-0.05, 0) is 18.2 Å². The molecule has 0 amide bonds. The summed E-state index contributed by atoms with van der Waals surface area (Å²) in [5.74, 6) is -1.85. The lowest BCUT2D eigenvalue weighted by molar-refractivity contribution is 0.0687. The van der Waals surface area contributed by atoms with Crippen molar-refractivity contribution in [3.63, 3.8) is 0 Å². The first-order valence-corrected chi connectivity index (χ1v) is 7.04. The number of hydrogen-bond donors (Lipinski definition) is 3. The molecule has 0 fully saturated rings. The molecule has 24 heavy (non-hydrogen) atoms. The Bertz CT molecular complexity index is 805. The maximum Gasteiger partial charge on any atom is 0.337 e. The van der Waals surface area contributed by atoms with Gasteiger partial charge in [0.2, 0.25) is 0 Å². The van der Waals surface area contributed by atoms with Gasteiger partial charge < -0.3 is 25.0 Å². The van der Waals surface area contributed by atoms with Crippen LogP contribution < -0.4 is 14.8 Å². The van der Waals surface area contributed by atoms with Crippen LogP contribution in [0.25, 0.3) is 0 Å². The van der Waals surface area contributed by atoms with E-state index in [2.05, 4.69) is 5.32 Å². The number of anilines is 2. The number of carboxylic acid groups (broad SMARTS) is 2. The fourth-order valence-electron chi connectivity index (χ4n) is 2.11. The second-order valence-corrected chi connectivity index (χ2v) is 5.11. The molecule has 8 heteroatoms. The molecular weight excluding hydrogens is 338 g/mol. The topological polar surface area (TPSA) is 105 Å². The van der Waals surface area contributed by atoms with Crippen molar-refractivity contribution in [3.8, 4) is 11.5 Å². The number of aromatic carboxylic acids is 2. The Hall–Kier alpha value is -2.93. The lowest BCUT2D eigenvalue weighted by Crippen LogP contribution is -2.07. The van der Waals surface area contributed by atoms with Crippen LogP contribution in [0.3, 0.4) is 0 Å². The van der Waals surface area contributed by atoms with Crippen LogP contribution in [-0.4, -0.2) is 36.4 Å². The van der Waals surface area contributed by atoms with Crippen molar-refractivity contribution >= 4 is 34.9 Å². The van der Waals surface area contributed by atoms with Gasteiger partial charge >= 0.3 is 11.9 Å². The van der Waals surface area contributed by atoms with Crippen molar-refractivity contribution in [1.82, 2.24) is 0 Å². The standard InChI is InChI=1S/C16H14ClNO6/c1-23-13-6-10(16(21)22)12(7-14(13)24-2)18-11-5-8(17)3-4-9(11)15(19)20/h3-7,18H,1-2H3,(H,19,20)(H,21,22). The predicted molar refractivity (Wildman–Crippen MR) is 88.2 cm³/mol. The normalized spacial score (nSPS) is 10.1. The zero-order valence-corrected chi connectivity index (χ0v) is 13.5. The summed E-state index contributed by atoms with van der Waals surface area (Å²) in [5.41, 5.74) is 0.143. The second-order valence-electron chi connectivity index (χ2n) is 4.68. The molecule has 0 bridgehead atoms. The molecule has 0 heterocycles. The fourth-order valence-corrected chi connectivity index (χ4v) is 2.28. The summed E-state index contributed by atoms with van der Waals surface area (Å²) in [7, 11) is 2.79. The van der Waals surface area contributed by atoms with Crippen molar-refractivity contribution in [2.24, 2.45) is 0 Å². The van der Waals surface area contributed by atoms with E-state index < -0.39 is 11.9 Å². The largest absolute Gasteiger partial charge is 0.493 e. The third kappa shape index (κ3) is 3.52. The Labute approximate surface area is 142 Å². The van der Waals surface area contributed by atoms with Crippen LogP contribution in [0.1, 0.15) is 20.7 Å². The molecule has 0 aliphatic carbocycles. The molecule has 0 saturated heterocycles. The molecule has 0 unspecified atom stereocenters. The van der Waals surface area contributed by atoms with Crippen LogP contribution in [0, 0.1) is 0 Å². The maximum atomic E-state index is 11.5. The van der Waals surface area contributed by atoms with Gasteiger partial charge in [0.15, 0.2) is 11.5 Å². The van der Waals surface area contributed by atoms with E-state index in [1.807, 2.05) is 0 Å². The molecule has 7 nitrogen and oxygen atoms in total. The summed E-state index contributed by atoms with van der Waals surface area (Å²) in [5, 5.41) is 21.7. The molecule has 0 saturated carbocycles. The van der Waals surface area contributed by atoms with E-state index in [0.29, 0.717) is 10.8 Å². The van der Waals surface area contributed by atoms with Gasteiger partial charge in [0.1, 0.15) is 0 Å². The average molecular weight is 352 g/mol. The summed E-state index contributed by atoms with van der Waals surface area (Å²) < 4.78 is 10.2. The van der Waals surface area contributed by atoms with Crippen molar-refractivity contribution in [3.05, 3.63) is 46.5 Å². The first-order chi connectivity index (χ1) is 11.4. The number of carboxylic acids is 2. The monoisotopic (exact) mass is 351 g/mol. The van der Waals surface area contributed by atoms with Gasteiger partial charge in [0.25, 0.3) is 0 Å². The number of methoxy groups -OCH3 is 2. The van der Waals surface area contributed by atoms with E-state index in [0.717, 1.165) is 0 Å². The smallest absolute Gasteiger partial charge is 0.337 e. The highest BCUT2D eigenvalue weighted by molar-refractivity contribution is 6.31. The van der Waals surface area contributed by atoms with Gasteiger partial charge in [-0.1, -0.05) is 11.6 Å². The molecule has 0 atom stereocenters.